The number of carbonyl (C=O) groups excluding carboxylic acids is 1. The third kappa shape index (κ3) is 3.30. The molecule has 0 amide bonds. The number of ether oxygens (including phenoxy) is 1. The fourth-order valence-corrected chi connectivity index (χ4v) is 6.52. The van der Waals surface area contributed by atoms with Crippen LogP contribution in [0.2, 0.25) is 0 Å². The summed E-state index contributed by atoms with van der Waals surface area (Å²) in [6.07, 6.45) is 0. The van der Waals surface area contributed by atoms with E-state index >= 15 is 0 Å². The third-order valence-corrected chi connectivity index (χ3v) is 8.00. The maximum Gasteiger partial charge on any atom is 0.328 e. The third-order valence-electron chi connectivity index (χ3n) is 8.00. The Morgan fingerprint density at radius 1 is 0.842 bits per heavy atom. The molecule has 0 radical (unpaired) electrons. The smallest absolute Gasteiger partial charge is 0.328 e. The van der Waals surface area contributed by atoms with Crippen molar-refractivity contribution < 1.29 is 9.53 Å². The van der Waals surface area contributed by atoms with Gasteiger partial charge in [0.05, 0.1) is 5.54 Å². The van der Waals surface area contributed by atoms with E-state index in [1.54, 1.807) is 0 Å². The van der Waals surface area contributed by atoms with Gasteiger partial charge in [0.15, 0.2) is 0 Å². The average Bonchev–Trinajstić information content (AvgIpc) is 3.59. The van der Waals surface area contributed by atoms with Crippen LogP contribution < -0.4 is 0 Å². The number of aromatic nitrogens is 1. The number of rotatable bonds is 5. The largest absolute Gasteiger partial charge is 0.459 e. The molecule has 0 unspecified atom stereocenters. The van der Waals surface area contributed by atoms with Crippen molar-refractivity contribution in [2.45, 2.75) is 31.7 Å². The van der Waals surface area contributed by atoms with Gasteiger partial charge >= 0.3 is 5.97 Å². The Labute approximate surface area is 222 Å². The van der Waals surface area contributed by atoms with Gasteiger partial charge in [0.25, 0.3) is 0 Å². The van der Waals surface area contributed by atoms with Crippen LogP contribution in [-0.4, -0.2) is 15.9 Å². The first-order valence-electron chi connectivity index (χ1n) is 13.1. The van der Waals surface area contributed by atoms with E-state index in [2.05, 4.69) is 88.7 Å². The summed E-state index contributed by atoms with van der Waals surface area (Å²) in [6, 6.07) is 39.2. The zero-order chi connectivity index (χ0) is 25.7. The van der Waals surface area contributed by atoms with Crippen LogP contribution in [0.4, 0.5) is 0 Å². The summed E-state index contributed by atoms with van der Waals surface area (Å²) in [7, 11) is 0. The molecule has 4 heteroatoms. The van der Waals surface area contributed by atoms with Crippen molar-refractivity contribution in [2.75, 3.05) is 0 Å². The first-order chi connectivity index (χ1) is 18.7. The molecule has 4 aromatic carbocycles. The average molecular weight is 497 g/mol. The van der Waals surface area contributed by atoms with Crippen molar-refractivity contribution >= 4 is 5.97 Å². The molecule has 7 rings (SSSR count). The Bertz CT molecular complexity index is 1590. The first-order valence-corrected chi connectivity index (χ1v) is 13.1. The number of aryl methyl sites for hydroxylation is 1. The van der Waals surface area contributed by atoms with Crippen LogP contribution in [0.25, 0.3) is 11.1 Å². The molecule has 1 aliphatic carbocycles. The summed E-state index contributed by atoms with van der Waals surface area (Å²) in [5.74, 6) is -0.233. The van der Waals surface area contributed by atoms with Crippen molar-refractivity contribution in [1.29, 1.82) is 0 Å². The Morgan fingerprint density at radius 2 is 1.42 bits per heavy atom. The topological polar surface area (TPSA) is 45.3 Å². The van der Waals surface area contributed by atoms with E-state index in [9.17, 15) is 4.79 Å². The molecular weight excluding hydrogens is 468 g/mol. The second-order valence-corrected chi connectivity index (χ2v) is 10.2. The molecule has 1 atom stereocenters. The summed E-state index contributed by atoms with van der Waals surface area (Å²) >= 11 is 0. The number of hydrogen-bond donors (Lipinski definition) is 1. The van der Waals surface area contributed by atoms with Crippen molar-refractivity contribution in [3.05, 3.63) is 154 Å². The summed E-state index contributed by atoms with van der Waals surface area (Å²) in [4.78, 5) is 20.0. The zero-order valence-corrected chi connectivity index (χ0v) is 21.2. The van der Waals surface area contributed by atoms with Gasteiger partial charge < -0.3 is 9.72 Å². The molecule has 4 nitrogen and oxygen atoms in total. The standard InChI is InChI=1S/C34H28N2O2/c1-23-20-28-31(35-23)21-36(32(28)33(37)38-22-24-12-4-2-5-13-24)34(25-14-6-3-7-15-25)29-18-10-8-16-26(29)27-17-9-11-19-30(27)34/h2-20,32,35H,21-22H2,1H3/t32-/m0/s1. The number of esters is 1. The lowest BCUT2D eigenvalue weighted by atomic mass is 9.78. The SMILES string of the molecule is Cc1cc2c([nH]1)CN(C1(c3ccccc3)c3ccccc3-c3ccccc31)[C@@H]2C(=O)OCc1ccccc1. The molecule has 0 fully saturated rings. The van der Waals surface area contributed by atoms with E-state index < -0.39 is 11.6 Å². The molecule has 0 saturated heterocycles. The number of carbonyl (C=O) groups is 1. The molecule has 5 aromatic rings. The molecule has 0 saturated carbocycles. The molecule has 1 N–H and O–H groups in total. The van der Waals surface area contributed by atoms with Crippen LogP contribution in [-0.2, 0) is 28.2 Å². The fourth-order valence-electron chi connectivity index (χ4n) is 6.52. The Morgan fingerprint density at radius 3 is 2.08 bits per heavy atom. The lowest BCUT2D eigenvalue weighted by Crippen LogP contribution is -2.48. The normalized spacial score (nSPS) is 17.0. The van der Waals surface area contributed by atoms with Gasteiger partial charge in [-0.2, -0.15) is 0 Å². The van der Waals surface area contributed by atoms with Gasteiger partial charge in [0.2, 0.25) is 0 Å². The molecule has 1 aliphatic heterocycles. The van der Waals surface area contributed by atoms with Crippen LogP contribution in [0.3, 0.4) is 0 Å². The number of H-pyrrole nitrogens is 1. The predicted molar refractivity (Wildman–Crippen MR) is 148 cm³/mol. The minimum Gasteiger partial charge on any atom is -0.459 e. The number of hydrogen-bond acceptors (Lipinski definition) is 3. The molecule has 1 aromatic heterocycles. The Kier molecular flexibility index (Phi) is 5.31. The highest BCUT2D eigenvalue weighted by Gasteiger charge is 2.55. The van der Waals surface area contributed by atoms with E-state index in [0.717, 1.165) is 28.1 Å². The maximum atomic E-state index is 14.1. The number of nitrogens with zero attached hydrogens (tertiary/aromatic N) is 1. The van der Waals surface area contributed by atoms with Gasteiger partial charge in [-0.1, -0.05) is 109 Å². The van der Waals surface area contributed by atoms with E-state index in [0.29, 0.717) is 6.54 Å². The van der Waals surface area contributed by atoms with Crippen molar-refractivity contribution in [3.63, 3.8) is 0 Å². The Balaban J connectivity index is 1.43. The molecule has 0 spiro atoms. The maximum absolute atomic E-state index is 14.1. The number of fused-ring (bicyclic) bond motifs is 4. The van der Waals surface area contributed by atoms with Gasteiger partial charge in [0.1, 0.15) is 12.6 Å². The van der Waals surface area contributed by atoms with Crippen molar-refractivity contribution in [2.24, 2.45) is 0 Å². The molecular formula is C34H28N2O2. The summed E-state index contributed by atoms with van der Waals surface area (Å²) in [6.45, 7) is 2.89. The van der Waals surface area contributed by atoms with E-state index in [1.807, 2.05) is 43.3 Å². The van der Waals surface area contributed by atoms with Gasteiger partial charge in [-0.05, 0) is 46.4 Å². The molecule has 2 aliphatic rings. The number of nitrogens with one attached hydrogen (secondary N) is 1. The van der Waals surface area contributed by atoms with E-state index in [1.165, 1.54) is 22.3 Å². The predicted octanol–water partition coefficient (Wildman–Crippen LogP) is 6.90. The van der Waals surface area contributed by atoms with Crippen LogP contribution in [0.1, 0.15) is 45.2 Å². The second-order valence-electron chi connectivity index (χ2n) is 10.2. The minimum atomic E-state index is -0.654. The fraction of sp³-hybridized carbons (Fsp3) is 0.147. The van der Waals surface area contributed by atoms with Crippen molar-refractivity contribution in [1.82, 2.24) is 9.88 Å². The highest BCUT2D eigenvalue weighted by atomic mass is 16.5. The van der Waals surface area contributed by atoms with Crippen LogP contribution >= 0.6 is 0 Å². The van der Waals surface area contributed by atoms with E-state index in [4.69, 9.17) is 4.74 Å². The van der Waals surface area contributed by atoms with Gasteiger partial charge in [0, 0.05) is 23.5 Å². The van der Waals surface area contributed by atoms with E-state index in [-0.39, 0.29) is 12.6 Å². The molecule has 186 valence electrons. The lowest BCUT2D eigenvalue weighted by Gasteiger charge is -2.44. The Hall–Kier alpha value is -4.41. The monoisotopic (exact) mass is 496 g/mol. The number of aromatic amines is 1. The number of benzene rings is 4. The van der Waals surface area contributed by atoms with Crippen LogP contribution in [0.15, 0.2) is 115 Å². The van der Waals surface area contributed by atoms with Gasteiger partial charge in [-0.3, -0.25) is 4.90 Å². The summed E-state index contributed by atoms with van der Waals surface area (Å²) < 4.78 is 6.03. The molecule has 38 heavy (non-hydrogen) atoms. The van der Waals surface area contributed by atoms with Gasteiger partial charge in [-0.25, -0.2) is 4.79 Å². The summed E-state index contributed by atoms with van der Waals surface area (Å²) in [5, 5.41) is 0. The quantitative estimate of drug-likeness (QED) is 0.269. The molecule has 0 bridgehead atoms. The highest BCUT2D eigenvalue weighted by Crippen LogP contribution is 2.58. The highest BCUT2D eigenvalue weighted by molar-refractivity contribution is 5.85. The lowest BCUT2D eigenvalue weighted by molar-refractivity contribution is -0.153. The first kappa shape index (κ1) is 22.8. The van der Waals surface area contributed by atoms with Crippen LogP contribution in [0, 0.1) is 6.92 Å². The van der Waals surface area contributed by atoms with Gasteiger partial charge in [-0.15, -0.1) is 0 Å². The van der Waals surface area contributed by atoms with Crippen molar-refractivity contribution in [3.8, 4) is 11.1 Å². The second kappa shape index (κ2) is 8.86. The molecule has 2 heterocycles. The zero-order valence-electron chi connectivity index (χ0n) is 21.2. The van der Waals surface area contributed by atoms with Crippen LogP contribution in [0.5, 0.6) is 0 Å². The summed E-state index contributed by atoms with van der Waals surface area (Å²) in [5.41, 5.74) is 9.37. The minimum absolute atomic E-state index is 0.233.